The van der Waals surface area contributed by atoms with E-state index in [9.17, 15) is 4.79 Å². The fourth-order valence-corrected chi connectivity index (χ4v) is 2.80. The van der Waals surface area contributed by atoms with E-state index in [4.69, 9.17) is 9.84 Å². The van der Waals surface area contributed by atoms with Gasteiger partial charge in [0.2, 0.25) is 0 Å². The normalized spacial score (nSPS) is 10.4. The molecule has 0 amide bonds. The van der Waals surface area contributed by atoms with Gasteiger partial charge in [-0.25, -0.2) is 4.79 Å². The molecule has 0 spiro atoms. The van der Waals surface area contributed by atoms with Crippen molar-refractivity contribution >= 4 is 17.3 Å². The molecule has 1 heterocycles. The van der Waals surface area contributed by atoms with Crippen LogP contribution in [0.3, 0.4) is 0 Å². The van der Waals surface area contributed by atoms with Crippen LogP contribution in [0.25, 0.3) is 10.4 Å². The summed E-state index contributed by atoms with van der Waals surface area (Å²) < 4.78 is 5.27. The zero-order chi connectivity index (χ0) is 13.3. The van der Waals surface area contributed by atoms with Gasteiger partial charge in [-0.05, 0) is 54.8 Å². The van der Waals surface area contributed by atoms with Crippen molar-refractivity contribution in [2.45, 2.75) is 13.8 Å². The summed E-state index contributed by atoms with van der Waals surface area (Å²) in [7, 11) is 1.65. The first-order valence-corrected chi connectivity index (χ1v) is 6.33. The lowest BCUT2D eigenvalue weighted by Gasteiger charge is -2.09. The number of aryl methyl sites for hydroxylation is 2. The monoisotopic (exact) mass is 262 g/mol. The van der Waals surface area contributed by atoms with Gasteiger partial charge in [-0.2, -0.15) is 0 Å². The van der Waals surface area contributed by atoms with Crippen molar-refractivity contribution in [1.82, 2.24) is 0 Å². The molecule has 0 saturated heterocycles. The SMILES string of the molecule is COc1cc(C)c(-c2ccc(C(=O)O)s2)cc1C. The third-order valence-corrected chi connectivity index (χ3v) is 3.93. The van der Waals surface area contributed by atoms with Crippen LogP contribution in [-0.2, 0) is 0 Å². The topological polar surface area (TPSA) is 46.5 Å². The number of carboxylic acids is 1. The van der Waals surface area contributed by atoms with E-state index in [1.807, 2.05) is 32.0 Å². The number of methoxy groups -OCH3 is 1. The van der Waals surface area contributed by atoms with Gasteiger partial charge in [0.05, 0.1) is 7.11 Å². The van der Waals surface area contributed by atoms with Crippen LogP contribution in [0, 0.1) is 13.8 Å². The van der Waals surface area contributed by atoms with Crippen molar-refractivity contribution in [3.8, 4) is 16.2 Å². The van der Waals surface area contributed by atoms with Crippen LogP contribution in [0.5, 0.6) is 5.75 Å². The lowest BCUT2D eigenvalue weighted by atomic mass is 10.0. The average molecular weight is 262 g/mol. The molecule has 0 aliphatic heterocycles. The molecule has 18 heavy (non-hydrogen) atoms. The Morgan fingerprint density at radius 2 is 1.94 bits per heavy atom. The van der Waals surface area contributed by atoms with E-state index in [0.29, 0.717) is 4.88 Å². The molecule has 0 aliphatic rings. The first kappa shape index (κ1) is 12.6. The summed E-state index contributed by atoms with van der Waals surface area (Å²) in [6.07, 6.45) is 0. The summed E-state index contributed by atoms with van der Waals surface area (Å²) in [6.45, 7) is 3.98. The van der Waals surface area contributed by atoms with Crippen LogP contribution in [0.2, 0.25) is 0 Å². The highest BCUT2D eigenvalue weighted by Crippen LogP contribution is 2.34. The quantitative estimate of drug-likeness (QED) is 0.916. The van der Waals surface area contributed by atoms with Gasteiger partial charge in [0.15, 0.2) is 0 Å². The van der Waals surface area contributed by atoms with Gasteiger partial charge in [0, 0.05) is 4.88 Å². The number of hydrogen-bond acceptors (Lipinski definition) is 3. The minimum Gasteiger partial charge on any atom is -0.496 e. The average Bonchev–Trinajstić information content (AvgIpc) is 2.81. The predicted molar refractivity (Wildman–Crippen MR) is 72.7 cm³/mol. The Balaban J connectivity index is 2.50. The van der Waals surface area contributed by atoms with E-state index >= 15 is 0 Å². The summed E-state index contributed by atoms with van der Waals surface area (Å²) in [5, 5.41) is 8.94. The van der Waals surface area contributed by atoms with Crippen molar-refractivity contribution in [2.75, 3.05) is 7.11 Å². The number of thiophene rings is 1. The highest BCUT2D eigenvalue weighted by Gasteiger charge is 2.12. The molecule has 0 aliphatic carbocycles. The zero-order valence-corrected chi connectivity index (χ0v) is 11.3. The zero-order valence-electron chi connectivity index (χ0n) is 10.5. The van der Waals surface area contributed by atoms with Gasteiger partial charge in [-0.1, -0.05) is 0 Å². The van der Waals surface area contributed by atoms with Crippen molar-refractivity contribution < 1.29 is 14.6 Å². The van der Waals surface area contributed by atoms with Crippen LogP contribution in [-0.4, -0.2) is 18.2 Å². The predicted octanol–water partition coefficient (Wildman–Crippen LogP) is 3.74. The minimum absolute atomic E-state index is 0.359. The first-order chi connectivity index (χ1) is 8.52. The molecule has 0 fully saturated rings. The van der Waals surface area contributed by atoms with Gasteiger partial charge in [0.25, 0.3) is 0 Å². The molecule has 94 valence electrons. The molecule has 2 rings (SSSR count). The van der Waals surface area contributed by atoms with Gasteiger partial charge in [-0.3, -0.25) is 0 Å². The molecule has 0 atom stereocenters. The summed E-state index contributed by atoms with van der Waals surface area (Å²) in [5.74, 6) is -0.0274. The summed E-state index contributed by atoms with van der Waals surface area (Å²) in [5.41, 5.74) is 3.19. The van der Waals surface area contributed by atoms with Crippen LogP contribution in [0.4, 0.5) is 0 Å². The second-order valence-electron chi connectivity index (χ2n) is 4.11. The van der Waals surface area contributed by atoms with Gasteiger partial charge in [-0.15, -0.1) is 11.3 Å². The lowest BCUT2D eigenvalue weighted by Crippen LogP contribution is -1.90. The number of rotatable bonds is 3. The van der Waals surface area contributed by atoms with Crippen molar-refractivity contribution in [2.24, 2.45) is 0 Å². The fourth-order valence-electron chi connectivity index (χ4n) is 1.87. The Morgan fingerprint density at radius 3 is 2.50 bits per heavy atom. The smallest absolute Gasteiger partial charge is 0.345 e. The van der Waals surface area contributed by atoms with E-state index in [1.165, 1.54) is 11.3 Å². The van der Waals surface area contributed by atoms with Gasteiger partial charge >= 0.3 is 5.97 Å². The Hall–Kier alpha value is -1.81. The maximum absolute atomic E-state index is 10.9. The van der Waals surface area contributed by atoms with Crippen LogP contribution >= 0.6 is 11.3 Å². The maximum Gasteiger partial charge on any atom is 0.345 e. The molecule has 1 aromatic heterocycles. The third-order valence-electron chi connectivity index (χ3n) is 2.82. The van der Waals surface area contributed by atoms with Crippen LogP contribution < -0.4 is 4.74 Å². The minimum atomic E-state index is -0.880. The highest BCUT2D eigenvalue weighted by molar-refractivity contribution is 7.17. The van der Waals surface area contributed by atoms with E-state index < -0.39 is 5.97 Å². The van der Waals surface area contributed by atoms with Crippen molar-refractivity contribution in [3.63, 3.8) is 0 Å². The van der Waals surface area contributed by atoms with Crippen molar-refractivity contribution in [3.05, 3.63) is 40.3 Å². The Bertz CT molecular complexity index is 599. The van der Waals surface area contributed by atoms with E-state index in [0.717, 1.165) is 27.3 Å². The Kier molecular flexibility index (Phi) is 3.39. The van der Waals surface area contributed by atoms with Gasteiger partial charge < -0.3 is 9.84 Å². The highest BCUT2D eigenvalue weighted by atomic mass is 32.1. The molecule has 0 unspecified atom stereocenters. The van der Waals surface area contributed by atoms with Crippen molar-refractivity contribution in [1.29, 1.82) is 0 Å². The first-order valence-electron chi connectivity index (χ1n) is 5.51. The molecule has 4 heteroatoms. The summed E-state index contributed by atoms with van der Waals surface area (Å²) in [6, 6.07) is 7.50. The molecular weight excluding hydrogens is 248 g/mol. The summed E-state index contributed by atoms with van der Waals surface area (Å²) in [4.78, 5) is 12.2. The largest absolute Gasteiger partial charge is 0.496 e. The number of benzene rings is 1. The number of hydrogen-bond donors (Lipinski definition) is 1. The Labute approximate surface area is 110 Å². The molecule has 0 radical (unpaired) electrons. The third kappa shape index (κ3) is 2.24. The standard InChI is InChI=1S/C14H14O3S/c1-8-7-11(17-3)9(2)6-10(8)12-4-5-13(18-12)14(15)16/h4-7H,1-3H3,(H,15,16). The summed E-state index contributed by atoms with van der Waals surface area (Å²) >= 11 is 1.29. The van der Waals surface area contributed by atoms with Gasteiger partial charge in [0.1, 0.15) is 10.6 Å². The number of carbonyl (C=O) groups is 1. The van der Waals surface area contributed by atoms with Crippen LogP contribution in [0.15, 0.2) is 24.3 Å². The van der Waals surface area contributed by atoms with E-state index in [-0.39, 0.29) is 0 Å². The molecule has 0 saturated carbocycles. The molecule has 2 aromatic rings. The molecule has 0 bridgehead atoms. The molecule has 3 nitrogen and oxygen atoms in total. The lowest BCUT2D eigenvalue weighted by molar-refractivity contribution is 0.0702. The van der Waals surface area contributed by atoms with E-state index in [1.54, 1.807) is 13.2 Å². The molecule has 1 N–H and O–H groups in total. The fraction of sp³-hybridized carbons (Fsp3) is 0.214. The maximum atomic E-state index is 10.9. The molecule has 1 aromatic carbocycles. The number of carboxylic acid groups (broad SMARTS) is 1. The second-order valence-corrected chi connectivity index (χ2v) is 5.19. The molecular formula is C14H14O3S. The van der Waals surface area contributed by atoms with Crippen LogP contribution in [0.1, 0.15) is 20.8 Å². The number of aromatic carboxylic acids is 1. The van der Waals surface area contributed by atoms with E-state index in [2.05, 4.69) is 0 Å². The Morgan fingerprint density at radius 1 is 1.22 bits per heavy atom. The number of ether oxygens (including phenoxy) is 1. The second kappa shape index (κ2) is 4.82.